The van der Waals surface area contributed by atoms with E-state index in [0.717, 1.165) is 0 Å². The lowest BCUT2D eigenvalue weighted by Crippen LogP contribution is -2.51. The Hall–Kier alpha value is -1.77. The van der Waals surface area contributed by atoms with Gasteiger partial charge in [-0.1, -0.05) is 13.8 Å². The van der Waals surface area contributed by atoms with Crippen molar-refractivity contribution in [2.24, 2.45) is 5.92 Å². The molecule has 0 aromatic heterocycles. The summed E-state index contributed by atoms with van der Waals surface area (Å²) in [5.41, 5.74) is 0. The van der Waals surface area contributed by atoms with Crippen molar-refractivity contribution >= 4 is 12.0 Å². The zero-order chi connectivity index (χ0) is 13.6. The molecule has 2 amide bonds. The molecule has 0 heterocycles. The highest BCUT2D eigenvalue weighted by Crippen LogP contribution is 2.05. The number of nitrogens with one attached hydrogen (secondary N) is 1. The van der Waals surface area contributed by atoms with Crippen LogP contribution in [0.3, 0.4) is 0 Å². The standard InChI is InChI=1S/C11H19N3O3/c1-7(2)9(10(15)16)13-11(17)14(4)8(3)5-6-12/h7-9H,5H2,1-4H3,(H,13,17)(H,15,16). The van der Waals surface area contributed by atoms with E-state index in [1.165, 1.54) is 11.9 Å². The van der Waals surface area contributed by atoms with E-state index >= 15 is 0 Å². The number of hydrogen-bond donors (Lipinski definition) is 2. The second kappa shape index (κ2) is 6.74. The van der Waals surface area contributed by atoms with Crippen LogP contribution in [0, 0.1) is 17.2 Å². The topological polar surface area (TPSA) is 93.4 Å². The molecular formula is C11H19N3O3. The summed E-state index contributed by atoms with van der Waals surface area (Å²) in [6.45, 7) is 5.17. The summed E-state index contributed by atoms with van der Waals surface area (Å²) in [6.07, 6.45) is 0.212. The van der Waals surface area contributed by atoms with E-state index < -0.39 is 18.0 Å². The predicted octanol–water partition coefficient (Wildman–Crippen LogP) is 1.04. The van der Waals surface area contributed by atoms with Crippen LogP contribution >= 0.6 is 0 Å². The number of carbonyl (C=O) groups is 2. The number of carbonyl (C=O) groups excluding carboxylic acids is 1. The van der Waals surface area contributed by atoms with Crippen LogP contribution < -0.4 is 5.32 Å². The van der Waals surface area contributed by atoms with E-state index in [2.05, 4.69) is 5.32 Å². The van der Waals surface area contributed by atoms with Gasteiger partial charge in [-0.05, 0) is 12.8 Å². The van der Waals surface area contributed by atoms with E-state index in [9.17, 15) is 9.59 Å². The number of nitriles is 1. The Kier molecular flexibility index (Phi) is 6.03. The summed E-state index contributed by atoms with van der Waals surface area (Å²) in [4.78, 5) is 24.0. The third-order valence-corrected chi connectivity index (χ3v) is 2.58. The van der Waals surface area contributed by atoms with E-state index in [1.54, 1.807) is 20.8 Å². The highest BCUT2D eigenvalue weighted by molar-refractivity contribution is 5.82. The molecule has 0 radical (unpaired) electrons. The van der Waals surface area contributed by atoms with Gasteiger partial charge >= 0.3 is 12.0 Å². The maximum atomic E-state index is 11.7. The summed E-state index contributed by atoms with van der Waals surface area (Å²) in [5.74, 6) is -1.26. The van der Waals surface area contributed by atoms with Gasteiger partial charge in [0.1, 0.15) is 6.04 Å². The second-order valence-corrected chi connectivity index (χ2v) is 4.33. The van der Waals surface area contributed by atoms with Crippen molar-refractivity contribution in [1.29, 1.82) is 5.26 Å². The summed E-state index contributed by atoms with van der Waals surface area (Å²) >= 11 is 0. The first-order valence-electron chi connectivity index (χ1n) is 5.44. The molecule has 2 N–H and O–H groups in total. The smallest absolute Gasteiger partial charge is 0.326 e. The van der Waals surface area contributed by atoms with Crippen LogP contribution in [-0.2, 0) is 4.79 Å². The average molecular weight is 241 g/mol. The predicted molar refractivity (Wildman–Crippen MR) is 62.2 cm³/mol. The summed E-state index contributed by atoms with van der Waals surface area (Å²) in [6, 6.07) is 0.320. The minimum absolute atomic E-state index is 0.198. The Labute approximate surface area is 101 Å². The lowest BCUT2D eigenvalue weighted by Gasteiger charge is -2.26. The van der Waals surface area contributed by atoms with Gasteiger partial charge < -0.3 is 15.3 Å². The molecule has 0 saturated heterocycles. The number of amides is 2. The Bertz CT molecular complexity index is 322. The monoisotopic (exact) mass is 241 g/mol. The molecule has 0 saturated carbocycles. The van der Waals surface area contributed by atoms with Crippen molar-refractivity contribution in [3.05, 3.63) is 0 Å². The molecule has 0 aliphatic rings. The largest absolute Gasteiger partial charge is 0.480 e. The van der Waals surface area contributed by atoms with Gasteiger partial charge in [-0.3, -0.25) is 0 Å². The van der Waals surface area contributed by atoms with Gasteiger partial charge in [-0.2, -0.15) is 5.26 Å². The minimum Gasteiger partial charge on any atom is -0.480 e. The highest BCUT2D eigenvalue weighted by atomic mass is 16.4. The third kappa shape index (κ3) is 4.72. The highest BCUT2D eigenvalue weighted by Gasteiger charge is 2.26. The summed E-state index contributed by atoms with van der Waals surface area (Å²) < 4.78 is 0. The van der Waals surface area contributed by atoms with Gasteiger partial charge in [0.25, 0.3) is 0 Å². The third-order valence-electron chi connectivity index (χ3n) is 2.58. The normalized spacial score (nSPS) is 13.6. The van der Waals surface area contributed by atoms with E-state index in [-0.39, 0.29) is 18.4 Å². The van der Waals surface area contributed by atoms with Crippen molar-refractivity contribution in [2.45, 2.75) is 39.3 Å². The van der Waals surface area contributed by atoms with Gasteiger partial charge in [0.05, 0.1) is 12.5 Å². The molecule has 0 aromatic carbocycles. The van der Waals surface area contributed by atoms with Crippen LogP contribution in [0.1, 0.15) is 27.2 Å². The summed E-state index contributed by atoms with van der Waals surface area (Å²) in [7, 11) is 1.54. The molecule has 6 heteroatoms. The van der Waals surface area contributed by atoms with Crippen LogP contribution in [-0.4, -0.2) is 41.1 Å². The molecule has 96 valence electrons. The van der Waals surface area contributed by atoms with Gasteiger partial charge in [0, 0.05) is 13.1 Å². The Morgan fingerprint density at radius 3 is 2.29 bits per heavy atom. The first kappa shape index (κ1) is 15.2. The van der Waals surface area contributed by atoms with E-state index in [0.29, 0.717) is 0 Å². The van der Waals surface area contributed by atoms with Gasteiger partial charge in [-0.15, -0.1) is 0 Å². The zero-order valence-corrected chi connectivity index (χ0v) is 10.6. The molecule has 0 aliphatic heterocycles. The number of rotatable bonds is 5. The lowest BCUT2D eigenvalue weighted by molar-refractivity contribution is -0.140. The lowest BCUT2D eigenvalue weighted by atomic mass is 10.1. The maximum absolute atomic E-state index is 11.7. The van der Waals surface area contributed by atoms with Crippen LogP contribution in [0.4, 0.5) is 4.79 Å². The van der Waals surface area contributed by atoms with Crippen LogP contribution in [0.15, 0.2) is 0 Å². The Balaban J connectivity index is 4.52. The van der Waals surface area contributed by atoms with Crippen LogP contribution in [0.2, 0.25) is 0 Å². The van der Waals surface area contributed by atoms with Crippen molar-refractivity contribution in [2.75, 3.05) is 7.05 Å². The Morgan fingerprint density at radius 2 is 1.94 bits per heavy atom. The Morgan fingerprint density at radius 1 is 1.41 bits per heavy atom. The maximum Gasteiger partial charge on any atom is 0.326 e. The van der Waals surface area contributed by atoms with Crippen LogP contribution in [0.25, 0.3) is 0 Å². The quantitative estimate of drug-likeness (QED) is 0.752. The number of nitrogens with zero attached hydrogens (tertiary/aromatic N) is 2. The van der Waals surface area contributed by atoms with Crippen molar-refractivity contribution in [3.8, 4) is 6.07 Å². The summed E-state index contributed by atoms with van der Waals surface area (Å²) in [5, 5.41) is 19.9. The first-order valence-corrected chi connectivity index (χ1v) is 5.44. The first-order chi connectivity index (χ1) is 7.81. The number of carboxylic acids is 1. The molecule has 0 bridgehead atoms. The number of hydrogen-bond acceptors (Lipinski definition) is 3. The molecule has 0 aromatic rings. The minimum atomic E-state index is -1.06. The zero-order valence-electron chi connectivity index (χ0n) is 10.6. The fourth-order valence-corrected chi connectivity index (χ4v) is 1.22. The average Bonchev–Trinajstić information content (AvgIpc) is 2.23. The van der Waals surface area contributed by atoms with E-state index in [4.69, 9.17) is 10.4 Å². The molecule has 6 nitrogen and oxygen atoms in total. The number of urea groups is 1. The van der Waals surface area contributed by atoms with Gasteiger partial charge in [0.2, 0.25) is 0 Å². The SMILES string of the molecule is CC(C)C(NC(=O)N(C)C(C)CC#N)C(=O)O. The number of aliphatic carboxylic acids is 1. The van der Waals surface area contributed by atoms with E-state index in [1.807, 2.05) is 6.07 Å². The molecule has 0 fully saturated rings. The van der Waals surface area contributed by atoms with Gasteiger partial charge in [-0.25, -0.2) is 9.59 Å². The fourth-order valence-electron chi connectivity index (χ4n) is 1.22. The van der Waals surface area contributed by atoms with Crippen molar-refractivity contribution < 1.29 is 14.7 Å². The molecule has 0 spiro atoms. The molecule has 0 rings (SSSR count). The van der Waals surface area contributed by atoms with Crippen molar-refractivity contribution in [3.63, 3.8) is 0 Å². The van der Waals surface area contributed by atoms with Crippen LogP contribution in [0.5, 0.6) is 0 Å². The van der Waals surface area contributed by atoms with Gasteiger partial charge in [0.15, 0.2) is 0 Å². The molecule has 2 unspecified atom stereocenters. The molecular weight excluding hydrogens is 222 g/mol. The molecule has 0 aliphatic carbocycles. The fraction of sp³-hybridized carbons (Fsp3) is 0.727. The van der Waals surface area contributed by atoms with Crippen molar-refractivity contribution in [1.82, 2.24) is 10.2 Å². The molecule has 17 heavy (non-hydrogen) atoms. The number of carboxylic acid groups (broad SMARTS) is 1. The molecule has 2 atom stereocenters. The second-order valence-electron chi connectivity index (χ2n) is 4.33.